The van der Waals surface area contributed by atoms with Crippen molar-refractivity contribution < 1.29 is 19.0 Å². The topological polar surface area (TPSA) is 70.3 Å². The SMILES string of the molecule is Cc1cc(Oc2ccc(C#N)c(F)c2)ccc1C(=O)O. The fourth-order valence-electron chi connectivity index (χ4n) is 1.73. The standard InChI is InChI=1S/C15H10FNO3/c1-9-6-11(4-5-13(9)15(18)19)20-12-3-2-10(8-17)14(16)7-12/h2-7H,1H3,(H,18,19). The second-order valence-corrected chi connectivity index (χ2v) is 4.14. The van der Waals surface area contributed by atoms with Gasteiger partial charge in [-0.1, -0.05) is 0 Å². The Labute approximate surface area is 114 Å². The van der Waals surface area contributed by atoms with E-state index in [-0.39, 0.29) is 16.9 Å². The lowest BCUT2D eigenvalue weighted by molar-refractivity contribution is 0.0696. The molecule has 2 rings (SSSR count). The zero-order chi connectivity index (χ0) is 14.7. The number of nitrogens with zero attached hydrogens (tertiary/aromatic N) is 1. The van der Waals surface area contributed by atoms with Crippen LogP contribution >= 0.6 is 0 Å². The number of halogens is 1. The maximum atomic E-state index is 13.4. The lowest BCUT2D eigenvalue weighted by Gasteiger charge is -2.08. The fraction of sp³-hybridized carbons (Fsp3) is 0.0667. The van der Waals surface area contributed by atoms with Gasteiger partial charge in [-0.3, -0.25) is 0 Å². The zero-order valence-electron chi connectivity index (χ0n) is 10.6. The summed E-state index contributed by atoms with van der Waals surface area (Å²) in [4.78, 5) is 10.9. The first kappa shape index (κ1) is 13.6. The summed E-state index contributed by atoms with van der Waals surface area (Å²) in [5.41, 5.74) is 0.669. The van der Waals surface area contributed by atoms with Gasteiger partial charge in [-0.2, -0.15) is 5.26 Å². The molecule has 5 heteroatoms. The molecule has 20 heavy (non-hydrogen) atoms. The lowest BCUT2D eigenvalue weighted by atomic mass is 10.1. The van der Waals surface area contributed by atoms with Crippen LogP contribution in [0.4, 0.5) is 4.39 Å². The normalized spacial score (nSPS) is 9.85. The number of carboxylic acids is 1. The highest BCUT2D eigenvalue weighted by Gasteiger charge is 2.09. The minimum Gasteiger partial charge on any atom is -0.478 e. The number of aryl methyl sites for hydroxylation is 1. The summed E-state index contributed by atoms with van der Waals surface area (Å²) in [6.07, 6.45) is 0. The highest BCUT2D eigenvalue weighted by Crippen LogP contribution is 2.25. The zero-order valence-corrected chi connectivity index (χ0v) is 10.6. The summed E-state index contributed by atoms with van der Waals surface area (Å²) < 4.78 is 18.9. The fourth-order valence-corrected chi connectivity index (χ4v) is 1.73. The van der Waals surface area contributed by atoms with Gasteiger partial charge in [-0.25, -0.2) is 9.18 Å². The minimum absolute atomic E-state index is 0.0604. The lowest BCUT2D eigenvalue weighted by Crippen LogP contribution is -1.99. The average molecular weight is 271 g/mol. The van der Waals surface area contributed by atoms with E-state index >= 15 is 0 Å². The van der Waals surface area contributed by atoms with Crippen molar-refractivity contribution in [1.82, 2.24) is 0 Å². The Kier molecular flexibility index (Phi) is 3.67. The number of ether oxygens (including phenoxy) is 1. The molecule has 0 radical (unpaired) electrons. The number of hydrogen-bond acceptors (Lipinski definition) is 3. The van der Waals surface area contributed by atoms with Crippen LogP contribution in [0.15, 0.2) is 36.4 Å². The molecule has 100 valence electrons. The molecule has 0 amide bonds. The summed E-state index contributed by atoms with van der Waals surface area (Å²) in [6.45, 7) is 1.65. The molecule has 0 spiro atoms. The van der Waals surface area contributed by atoms with E-state index in [1.807, 2.05) is 0 Å². The average Bonchev–Trinajstić information content (AvgIpc) is 2.38. The van der Waals surface area contributed by atoms with Gasteiger partial charge < -0.3 is 9.84 Å². The first-order valence-corrected chi connectivity index (χ1v) is 5.72. The Hall–Kier alpha value is -2.87. The molecule has 0 fully saturated rings. The van der Waals surface area contributed by atoms with Crippen molar-refractivity contribution >= 4 is 5.97 Å². The predicted molar refractivity (Wildman–Crippen MR) is 69.3 cm³/mol. The largest absolute Gasteiger partial charge is 0.478 e. The van der Waals surface area contributed by atoms with Gasteiger partial charge in [0.1, 0.15) is 23.4 Å². The second kappa shape index (κ2) is 5.41. The van der Waals surface area contributed by atoms with Crippen LogP contribution in [0.5, 0.6) is 11.5 Å². The number of benzene rings is 2. The molecule has 2 aromatic rings. The van der Waals surface area contributed by atoms with Gasteiger partial charge in [0.25, 0.3) is 0 Å². The quantitative estimate of drug-likeness (QED) is 0.927. The number of carboxylic acid groups (broad SMARTS) is 1. The van der Waals surface area contributed by atoms with Crippen molar-refractivity contribution in [3.63, 3.8) is 0 Å². The van der Waals surface area contributed by atoms with Crippen LogP contribution in [-0.4, -0.2) is 11.1 Å². The van der Waals surface area contributed by atoms with Crippen molar-refractivity contribution in [3.05, 3.63) is 58.9 Å². The first-order valence-electron chi connectivity index (χ1n) is 5.72. The monoisotopic (exact) mass is 271 g/mol. The van der Waals surface area contributed by atoms with Gasteiger partial charge in [-0.15, -0.1) is 0 Å². The van der Waals surface area contributed by atoms with E-state index in [0.29, 0.717) is 11.3 Å². The van der Waals surface area contributed by atoms with Crippen LogP contribution in [0, 0.1) is 24.1 Å². The smallest absolute Gasteiger partial charge is 0.335 e. The first-order chi connectivity index (χ1) is 9.51. The molecule has 0 bridgehead atoms. The van der Waals surface area contributed by atoms with Crippen molar-refractivity contribution in [2.45, 2.75) is 6.92 Å². The number of hydrogen-bond donors (Lipinski definition) is 1. The molecule has 0 unspecified atom stereocenters. The van der Waals surface area contributed by atoms with E-state index in [9.17, 15) is 9.18 Å². The summed E-state index contributed by atoms with van der Waals surface area (Å²) in [5.74, 6) is -1.04. The molecule has 0 aliphatic carbocycles. The van der Waals surface area contributed by atoms with Gasteiger partial charge in [0.2, 0.25) is 0 Å². The van der Waals surface area contributed by atoms with Gasteiger partial charge >= 0.3 is 5.97 Å². The number of carbonyl (C=O) groups is 1. The molecule has 0 atom stereocenters. The molecule has 4 nitrogen and oxygen atoms in total. The molecule has 0 aromatic heterocycles. The molecule has 0 aliphatic heterocycles. The molecule has 0 aliphatic rings. The molecule has 0 saturated carbocycles. The Bertz CT molecular complexity index is 720. The Morgan fingerprint density at radius 1 is 1.25 bits per heavy atom. The highest BCUT2D eigenvalue weighted by molar-refractivity contribution is 5.89. The van der Waals surface area contributed by atoms with Crippen LogP contribution < -0.4 is 4.74 Å². The third kappa shape index (κ3) is 2.75. The van der Waals surface area contributed by atoms with Crippen molar-refractivity contribution in [2.24, 2.45) is 0 Å². The number of aromatic carboxylic acids is 1. The molecule has 0 saturated heterocycles. The van der Waals surface area contributed by atoms with E-state index in [1.165, 1.54) is 24.3 Å². The Morgan fingerprint density at radius 3 is 2.45 bits per heavy atom. The van der Waals surface area contributed by atoms with E-state index in [0.717, 1.165) is 6.07 Å². The predicted octanol–water partition coefficient (Wildman–Crippen LogP) is 3.50. The molecular weight excluding hydrogens is 261 g/mol. The maximum Gasteiger partial charge on any atom is 0.335 e. The summed E-state index contributed by atoms with van der Waals surface area (Å²) in [6, 6.07) is 10.1. The van der Waals surface area contributed by atoms with Crippen molar-refractivity contribution in [3.8, 4) is 17.6 Å². The molecule has 1 N–H and O–H groups in total. The van der Waals surface area contributed by atoms with E-state index in [4.69, 9.17) is 15.1 Å². The summed E-state index contributed by atoms with van der Waals surface area (Å²) >= 11 is 0. The molecule has 0 heterocycles. The van der Waals surface area contributed by atoms with E-state index < -0.39 is 11.8 Å². The van der Waals surface area contributed by atoms with Gasteiger partial charge in [0.05, 0.1) is 11.1 Å². The third-order valence-corrected chi connectivity index (χ3v) is 2.72. The summed E-state index contributed by atoms with van der Waals surface area (Å²) in [5, 5.41) is 17.6. The van der Waals surface area contributed by atoms with Gasteiger partial charge in [0.15, 0.2) is 0 Å². The molecule has 2 aromatic carbocycles. The Balaban J connectivity index is 2.27. The Morgan fingerprint density at radius 2 is 1.90 bits per heavy atom. The minimum atomic E-state index is -1.02. The van der Waals surface area contributed by atoms with Crippen molar-refractivity contribution in [2.75, 3.05) is 0 Å². The van der Waals surface area contributed by atoms with E-state index in [1.54, 1.807) is 19.1 Å². The highest BCUT2D eigenvalue weighted by atomic mass is 19.1. The van der Waals surface area contributed by atoms with Crippen molar-refractivity contribution in [1.29, 1.82) is 5.26 Å². The van der Waals surface area contributed by atoms with Crippen LogP contribution in [0.1, 0.15) is 21.5 Å². The van der Waals surface area contributed by atoms with Crippen LogP contribution in [0.3, 0.4) is 0 Å². The van der Waals surface area contributed by atoms with Gasteiger partial charge in [0, 0.05) is 6.07 Å². The number of rotatable bonds is 3. The third-order valence-electron chi connectivity index (χ3n) is 2.72. The number of nitriles is 1. The maximum absolute atomic E-state index is 13.4. The van der Waals surface area contributed by atoms with Crippen LogP contribution in [0.25, 0.3) is 0 Å². The van der Waals surface area contributed by atoms with E-state index in [2.05, 4.69) is 0 Å². The van der Waals surface area contributed by atoms with Crippen LogP contribution in [0.2, 0.25) is 0 Å². The summed E-state index contributed by atoms with van der Waals surface area (Å²) in [7, 11) is 0. The molecular formula is C15H10FNO3. The second-order valence-electron chi connectivity index (χ2n) is 4.14. The van der Waals surface area contributed by atoms with Crippen LogP contribution in [-0.2, 0) is 0 Å². The van der Waals surface area contributed by atoms with Gasteiger partial charge in [-0.05, 0) is 42.8 Å².